The second-order valence-electron chi connectivity index (χ2n) is 7.37. The van der Waals surface area contributed by atoms with E-state index in [1.54, 1.807) is 6.07 Å². The van der Waals surface area contributed by atoms with Crippen molar-refractivity contribution in [3.8, 4) is 0 Å². The third kappa shape index (κ3) is 3.44. The summed E-state index contributed by atoms with van der Waals surface area (Å²) in [4.78, 5) is 20.1. The molecule has 6 nitrogen and oxygen atoms in total. The molecule has 0 atom stereocenters. The predicted molar refractivity (Wildman–Crippen MR) is 114 cm³/mol. The molecule has 1 amide bonds. The lowest BCUT2D eigenvalue weighted by atomic mass is 10.1. The molecule has 0 aliphatic carbocycles. The number of nitrogens with zero attached hydrogens (tertiary/aromatic N) is 3. The predicted octanol–water partition coefficient (Wildman–Crippen LogP) is 4.24. The summed E-state index contributed by atoms with van der Waals surface area (Å²) in [6.07, 6.45) is 3.28. The van der Waals surface area contributed by atoms with Gasteiger partial charge in [0.25, 0.3) is 0 Å². The SMILES string of the molecule is O=C(CCc1c[nH]c2ccccc12)N1CCN(c2noc3cc(Cl)ccc23)CC1. The molecule has 2 aromatic carbocycles. The van der Waals surface area contributed by atoms with E-state index in [1.165, 1.54) is 10.9 Å². The number of halogens is 1. The van der Waals surface area contributed by atoms with Crippen molar-refractivity contribution in [1.29, 1.82) is 0 Å². The summed E-state index contributed by atoms with van der Waals surface area (Å²) in [6.45, 7) is 2.86. The van der Waals surface area contributed by atoms with E-state index >= 15 is 0 Å². The van der Waals surface area contributed by atoms with Crippen LogP contribution in [0.15, 0.2) is 53.2 Å². The Hall–Kier alpha value is -2.99. The summed E-state index contributed by atoms with van der Waals surface area (Å²) in [5, 5.41) is 6.99. The minimum absolute atomic E-state index is 0.201. The Morgan fingerprint density at radius 3 is 2.79 bits per heavy atom. The molecule has 1 aliphatic heterocycles. The maximum Gasteiger partial charge on any atom is 0.223 e. The molecule has 3 heterocycles. The van der Waals surface area contributed by atoms with Crippen LogP contribution in [-0.2, 0) is 11.2 Å². The fourth-order valence-electron chi connectivity index (χ4n) is 4.03. The van der Waals surface area contributed by atoms with E-state index < -0.39 is 0 Å². The first-order valence-electron chi connectivity index (χ1n) is 9.82. The number of rotatable bonds is 4. The normalized spacial score (nSPS) is 14.8. The molecule has 1 saturated heterocycles. The second-order valence-corrected chi connectivity index (χ2v) is 7.81. The molecule has 7 heteroatoms. The molecule has 29 heavy (non-hydrogen) atoms. The van der Waals surface area contributed by atoms with Crippen molar-refractivity contribution < 1.29 is 9.32 Å². The standard InChI is InChI=1S/C22H21ClN4O2/c23-16-6-7-18-20(13-16)29-25-22(18)27-11-9-26(10-12-27)21(28)8-5-15-14-24-19-4-2-1-3-17(15)19/h1-4,6-7,13-14,24H,5,8-12H2. The Bertz CT molecular complexity index is 1170. The number of para-hydroxylation sites is 1. The fourth-order valence-corrected chi connectivity index (χ4v) is 4.19. The number of H-pyrrole nitrogens is 1. The number of aromatic amines is 1. The number of nitrogens with one attached hydrogen (secondary N) is 1. The number of benzene rings is 2. The molecule has 2 aromatic heterocycles. The molecule has 148 valence electrons. The molecule has 1 aliphatic rings. The van der Waals surface area contributed by atoms with Crippen LogP contribution in [0.4, 0.5) is 5.82 Å². The number of hydrogen-bond donors (Lipinski definition) is 1. The number of carbonyl (C=O) groups is 1. The van der Waals surface area contributed by atoms with Gasteiger partial charge in [-0.05, 0) is 30.2 Å². The van der Waals surface area contributed by atoms with Crippen molar-refractivity contribution in [1.82, 2.24) is 15.0 Å². The van der Waals surface area contributed by atoms with Gasteiger partial charge in [0, 0.05) is 60.8 Å². The molecule has 0 saturated carbocycles. The number of anilines is 1. The van der Waals surface area contributed by atoms with Crippen LogP contribution >= 0.6 is 11.6 Å². The van der Waals surface area contributed by atoms with Gasteiger partial charge in [0.2, 0.25) is 5.91 Å². The lowest BCUT2D eigenvalue weighted by molar-refractivity contribution is -0.131. The van der Waals surface area contributed by atoms with Crippen molar-refractivity contribution in [2.45, 2.75) is 12.8 Å². The maximum absolute atomic E-state index is 12.7. The number of aryl methyl sites for hydroxylation is 1. The Balaban J connectivity index is 1.20. The Morgan fingerprint density at radius 2 is 1.93 bits per heavy atom. The molecular weight excluding hydrogens is 388 g/mol. The Morgan fingerprint density at radius 1 is 1.10 bits per heavy atom. The highest BCUT2D eigenvalue weighted by Crippen LogP contribution is 2.29. The van der Waals surface area contributed by atoms with Crippen molar-refractivity contribution in [2.75, 3.05) is 31.1 Å². The second kappa shape index (κ2) is 7.44. The molecule has 1 fully saturated rings. The number of fused-ring (bicyclic) bond motifs is 2. The third-order valence-corrected chi connectivity index (χ3v) is 5.87. The van der Waals surface area contributed by atoms with Gasteiger partial charge in [-0.15, -0.1) is 0 Å². The van der Waals surface area contributed by atoms with Crippen LogP contribution in [0.1, 0.15) is 12.0 Å². The maximum atomic E-state index is 12.7. The van der Waals surface area contributed by atoms with Crippen LogP contribution in [0.3, 0.4) is 0 Å². The van der Waals surface area contributed by atoms with E-state index in [0.29, 0.717) is 30.1 Å². The van der Waals surface area contributed by atoms with Gasteiger partial charge in [-0.1, -0.05) is 35.0 Å². The summed E-state index contributed by atoms with van der Waals surface area (Å²) in [6, 6.07) is 13.7. The van der Waals surface area contributed by atoms with E-state index in [1.807, 2.05) is 35.4 Å². The quantitative estimate of drug-likeness (QED) is 0.548. The number of hydrogen-bond acceptors (Lipinski definition) is 4. The summed E-state index contributed by atoms with van der Waals surface area (Å²) in [7, 11) is 0. The van der Waals surface area contributed by atoms with Gasteiger partial charge in [-0.2, -0.15) is 0 Å². The van der Waals surface area contributed by atoms with Gasteiger partial charge in [-0.25, -0.2) is 0 Å². The van der Waals surface area contributed by atoms with Crippen molar-refractivity contribution in [3.63, 3.8) is 0 Å². The zero-order valence-corrected chi connectivity index (χ0v) is 16.7. The van der Waals surface area contributed by atoms with E-state index in [9.17, 15) is 4.79 Å². The van der Waals surface area contributed by atoms with Crippen molar-refractivity contribution in [3.05, 3.63) is 59.2 Å². The van der Waals surface area contributed by atoms with E-state index in [4.69, 9.17) is 16.1 Å². The van der Waals surface area contributed by atoms with Crippen LogP contribution in [0.2, 0.25) is 5.02 Å². The van der Waals surface area contributed by atoms with Crippen LogP contribution in [0, 0.1) is 0 Å². The van der Waals surface area contributed by atoms with E-state index in [0.717, 1.165) is 36.2 Å². The molecule has 0 bridgehead atoms. The molecule has 5 rings (SSSR count). The van der Waals surface area contributed by atoms with Crippen LogP contribution in [-0.4, -0.2) is 47.1 Å². The highest BCUT2D eigenvalue weighted by molar-refractivity contribution is 6.31. The zero-order chi connectivity index (χ0) is 19.8. The van der Waals surface area contributed by atoms with Gasteiger partial charge < -0.3 is 19.3 Å². The van der Waals surface area contributed by atoms with Crippen LogP contribution in [0.25, 0.3) is 21.9 Å². The van der Waals surface area contributed by atoms with Crippen LogP contribution < -0.4 is 4.90 Å². The molecular formula is C22H21ClN4O2. The molecule has 1 N–H and O–H groups in total. The first kappa shape index (κ1) is 18.1. The molecule has 0 radical (unpaired) electrons. The minimum Gasteiger partial charge on any atom is -0.361 e. The first-order chi connectivity index (χ1) is 14.2. The number of carbonyl (C=O) groups excluding carboxylic acids is 1. The topological polar surface area (TPSA) is 65.4 Å². The Kier molecular flexibility index (Phi) is 4.64. The highest BCUT2D eigenvalue weighted by Gasteiger charge is 2.24. The molecule has 0 spiro atoms. The summed E-state index contributed by atoms with van der Waals surface area (Å²) in [5.41, 5.74) is 3.00. The summed E-state index contributed by atoms with van der Waals surface area (Å²) in [5.74, 6) is 1.02. The van der Waals surface area contributed by atoms with Gasteiger partial charge in [0.1, 0.15) is 0 Å². The van der Waals surface area contributed by atoms with Gasteiger partial charge >= 0.3 is 0 Å². The highest BCUT2D eigenvalue weighted by atomic mass is 35.5. The average molecular weight is 409 g/mol. The first-order valence-corrected chi connectivity index (χ1v) is 10.2. The van der Waals surface area contributed by atoms with Gasteiger partial charge in [-0.3, -0.25) is 4.79 Å². The fraction of sp³-hybridized carbons (Fsp3) is 0.273. The number of piperazine rings is 1. The number of amides is 1. The van der Waals surface area contributed by atoms with Crippen LogP contribution in [0.5, 0.6) is 0 Å². The lowest BCUT2D eigenvalue weighted by Crippen LogP contribution is -2.49. The third-order valence-electron chi connectivity index (χ3n) is 5.63. The van der Waals surface area contributed by atoms with E-state index in [-0.39, 0.29) is 5.91 Å². The minimum atomic E-state index is 0.201. The molecule has 0 unspecified atom stereocenters. The largest absolute Gasteiger partial charge is 0.361 e. The molecule has 4 aromatic rings. The van der Waals surface area contributed by atoms with Gasteiger partial charge in [0.05, 0.1) is 5.39 Å². The Labute approximate surface area is 173 Å². The lowest BCUT2D eigenvalue weighted by Gasteiger charge is -2.34. The zero-order valence-electron chi connectivity index (χ0n) is 15.9. The van der Waals surface area contributed by atoms with E-state index in [2.05, 4.69) is 27.2 Å². The summed E-state index contributed by atoms with van der Waals surface area (Å²) >= 11 is 6.02. The van der Waals surface area contributed by atoms with Gasteiger partial charge in [0.15, 0.2) is 11.4 Å². The smallest absolute Gasteiger partial charge is 0.223 e. The van der Waals surface area contributed by atoms with Crippen molar-refractivity contribution in [2.24, 2.45) is 0 Å². The summed E-state index contributed by atoms with van der Waals surface area (Å²) < 4.78 is 5.41. The average Bonchev–Trinajstić information content (AvgIpc) is 3.36. The monoisotopic (exact) mass is 408 g/mol. The number of aromatic nitrogens is 2. The van der Waals surface area contributed by atoms with Crippen molar-refractivity contribution >= 4 is 45.2 Å².